The summed E-state index contributed by atoms with van der Waals surface area (Å²) < 4.78 is 5.39. The van der Waals surface area contributed by atoms with Crippen molar-refractivity contribution >= 4 is 11.6 Å². The van der Waals surface area contributed by atoms with Crippen LogP contribution < -0.4 is 10.6 Å². The first-order chi connectivity index (χ1) is 9.70. The number of ether oxygens (including phenoxy) is 1. The van der Waals surface area contributed by atoms with Crippen LogP contribution in [0, 0.1) is 5.92 Å². The van der Waals surface area contributed by atoms with Crippen LogP contribution in [0.25, 0.3) is 0 Å². The lowest BCUT2D eigenvalue weighted by Gasteiger charge is -2.20. The van der Waals surface area contributed by atoms with Gasteiger partial charge in [-0.05, 0) is 37.6 Å². The number of anilines is 1. The van der Waals surface area contributed by atoms with E-state index < -0.39 is 0 Å². The van der Waals surface area contributed by atoms with Crippen LogP contribution >= 0.6 is 0 Å². The average molecular weight is 278 g/mol. The zero-order valence-electron chi connectivity index (χ0n) is 11.8. The third-order valence-corrected chi connectivity index (χ3v) is 3.61. The smallest absolute Gasteiger partial charge is 0.251 e. The van der Waals surface area contributed by atoms with E-state index in [-0.39, 0.29) is 19.1 Å². The van der Waals surface area contributed by atoms with E-state index in [1.54, 1.807) is 12.1 Å². The van der Waals surface area contributed by atoms with E-state index in [1.807, 2.05) is 12.1 Å². The molecular weight excluding hydrogens is 256 g/mol. The Bertz CT molecular complexity index is 427. The molecule has 1 fully saturated rings. The van der Waals surface area contributed by atoms with Crippen LogP contribution in [0.1, 0.15) is 23.7 Å². The van der Waals surface area contributed by atoms with E-state index >= 15 is 0 Å². The Labute approximate surface area is 119 Å². The van der Waals surface area contributed by atoms with E-state index in [9.17, 15) is 4.79 Å². The van der Waals surface area contributed by atoms with Gasteiger partial charge in [0.2, 0.25) is 0 Å². The fraction of sp³-hybridized carbons (Fsp3) is 0.533. The van der Waals surface area contributed by atoms with Crippen molar-refractivity contribution in [2.24, 2.45) is 5.92 Å². The number of hydrogen-bond donors (Lipinski definition) is 3. The standard InChI is InChI=1S/C15H22N2O3/c1-11(13-6-9-20-10-13)17-14-4-2-12(3-5-14)15(19)16-7-8-18/h2-5,11,13,17-18H,6-10H2,1H3,(H,16,19). The molecule has 1 aromatic carbocycles. The molecule has 0 aromatic heterocycles. The van der Waals surface area contributed by atoms with Gasteiger partial charge in [-0.1, -0.05) is 0 Å². The summed E-state index contributed by atoms with van der Waals surface area (Å²) in [6, 6.07) is 7.73. The molecule has 110 valence electrons. The highest BCUT2D eigenvalue weighted by atomic mass is 16.5. The summed E-state index contributed by atoms with van der Waals surface area (Å²) in [5.74, 6) is 0.380. The third-order valence-electron chi connectivity index (χ3n) is 3.61. The van der Waals surface area contributed by atoms with Crippen molar-refractivity contribution in [3.63, 3.8) is 0 Å². The fourth-order valence-corrected chi connectivity index (χ4v) is 2.32. The highest BCUT2D eigenvalue weighted by Gasteiger charge is 2.22. The molecule has 0 spiro atoms. The van der Waals surface area contributed by atoms with Crippen LogP contribution in [0.4, 0.5) is 5.69 Å². The number of aliphatic hydroxyl groups is 1. The van der Waals surface area contributed by atoms with Crippen LogP contribution in [-0.4, -0.2) is 43.4 Å². The highest BCUT2D eigenvalue weighted by molar-refractivity contribution is 5.94. The van der Waals surface area contributed by atoms with Gasteiger partial charge in [0.25, 0.3) is 5.91 Å². The molecule has 2 unspecified atom stereocenters. The molecule has 0 radical (unpaired) electrons. The van der Waals surface area contributed by atoms with Crippen molar-refractivity contribution in [2.75, 3.05) is 31.7 Å². The number of rotatable bonds is 6. The number of nitrogens with one attached hydrogen (secondary N) is 2. The van der Waals surface area contributed by atoms with Gasteiger partial charge in [-0.3, -0.25) is 4.79 Å². The first-order valence-electron chi connectivity index (χ1n) is 7.04. The Balaban J connectivity index is 1.89. The lowest BCUT2D eigenvalue weighted by molar-refractivity contribution is 0.0945. The summed E-state index contributed by atoms with van der Waals surface area (Å²) in [6.07, 6.45) is 1.09. The maximum atomic E-state index is 11.7. The highest BCUT2D eigenvalue weighted by Crippen LogP contribution is 2.20. The Morgan fingerprint density at radius 1 is 1.45 bits per heavy atom. The minimum atomic E-state index is -0.164. The molecule has 5 nitrogen and oxygen atoms in total. The summed E-state index contributed by atoms with van der Waals surface area (Å²) in [7, 11) is 0. The molecule has 1 aliphatic heterocycles. The number of carbonyl (C=O) groups is 1. The maximum absolute atomic E-state index is 11.7. The molecule has 2 rings (SSSR count). The van der Waals surface area contributed by atoms with Gasteiger partial charge in [0, 0.05) is 36.4 Å². The number of benzene rings is 1. The van der Waals surface area contributed by atoms with Gasteiger partial charge in [0.15, 0.2) is 0 Å². The van der Waals surface area contributed by atoms with E-state index in [2.05, 4.69) is 17.6 Å². The van der Waals surface area contributed by atoms with Crippen LogP contribution in [-0.2, 0) is 4.74 Å². The number of carbonyl (C=O) groups excluding carboxylic acids is 1. The second kappa shape index (κ2) is 7.26. The molecule has 1 amide bonds. The predicted octanol–water partition coefficient (Wildman–Crippen LogP) is 1.25. The molecule has 0 aliphatic carbocycles. The fourth-order valence-electron chi connectivity index (χ4n) is 2.32. The first kappa shape index (κ1) is 14.8. The van der Waals surface area contributed by atoms with Gasteiger partial charge in [0.05, 0.1) is 13.2 Å². The molecule has 1 saturated heterocycles. The Kier molecular flexibility index (Phi) is 5.38. The average Bonchev–Trinajstić information content (AvgIpc) is 3.00. The lowest BCUT2D eigenvalue weighted by atomic mass is 10.0. The minimum Gasteiger partial charge on any atom is -0.395 e. The zero-order valence-corrected chi connectivity index (χ0v) is 11.8. The molecule has 5 heteroatoms. The van der Waals surface area contributed by atoms with Gasteiger partial charge in [-0.15, -0.1) is 0 Å². The van der Waals surface area contributed by atoms with E-state index in [1.165, 1.54) is 0 Å². The molecule has 1 aliphatic rings. The van der Waals surface area contributed by atoms with Gasteiger partial charge >= 0.3 is 0 Å². The normalized spacial score (nSPS) is 19.6. The molecule has 1 heterocycles. The summed E-state index contributed by atoms with van der Waals surface area (Å²) in [4.78, 5) is 11.7. The molecule has 0 saturated carbocycles. The maximum Gasteiger partial charge on any atom is 0.251 e. The van der Waals surface area contributed by atoms with Gasteiger partial charge in [0.1, 0.15) is 0 Å². The van der Waals surface area contributed by atoms with Crippen molar-refractivity contribution in [1.82, 2.24) is 5.32 Å². The van der Waals surface area contributed by atoms with Crippen LogP contribution in [0.15, 0.2) is 24.3 Å². The SMILES string of the molecule is CC(Nc1ccc(C(=O)NCCO)cc1)C1CCOC1. The van der Waals surface area contributed by atoms with Crippen LogP contribution in [0.3, 0.4) is 0 Å². The second-order valence-electron chi connectivity index (χ2n) is 5.11. The van der Waals surface area contributed by atoms with Crippen LogP contribution in [0.2, 0.25) is 0 Å². The second-order valence-corrected chi connectivity index (χ2v) is 5.11. The molecule has 0 bridgehead atoms. The third kappa shape index (κ3) is 3.95. The lowest BCUT2D eigenvalue weighted by Crippen LogP contribution is -2.27. The minimum absolute atomic E-state index is 0.0493. The van der Waals surface area contributed by atoms with Crippen molar-refractivity contribution in [2.45, 2.75) is 19.4 Å². The van der Waals surface area contributed by atoms with Crippen molar-refractivity contribution in [3.8, 4) is 0 Å². The molecular formula is C15H22N2O3. The molecule has 3 N–H and O–H groups in total. The first-order valence-corrected chi connectivity index (χ1v) is 7.04. The largest absolute Gasteiger partial charge is 0.395 e. The number of hydrogen-bond acceptors (Lipinski definition) is 4. The van der Waals surface area contributed by atoms with Gasteiger partial charge in [-0.25, -0.2) is 0 Å². The Morgan fingerprint density at radius 2 is 2.20 bits per heavy atom. The topological polar surface area (TPSA) is 70.6 Å². The number of amides is 1. The van der Waals surface area contributed by atoms with Crippen LogP contribution in [0.5, 0.6) is 0 Å². The Morgan fingerprint density at radius 3 is 2.80 bits per heavy atom. The number of aliphatic hydroxyl groups excluding tert-OH is 1. The summed E-state index contributed by atoms with van der Waals surface area (Å²) >= 11 is 0. The molecule has 1 aromatic rings. The van der Waals surface area contributed by atoms with E-state index in [4.69, 9.17) is 9.84 Å². The summed E-state index contributed by atoms with van der Waals surface area (Å²) in [5.41, 5.74) is 1.60. The molecule has 2 atom stereocenters. The quantitative estimate of drug-likeness (QED) is 0.732. The predicted molar refractivity (Wildman–Crippen MR) is 77.9 cm³/mol. The zero-order chi connectivity index (χ0) is 14.4. The summed E-state index contributed by atoms with van der Waals surface area (Å²) in [5, 5.41) is 14.7. The van der Waals surface area contributed by atoms with Crippen molar-refractivity contribution < 1.29 is 14.6 Å². The van der Waals surface area contributed by atoms with Crippen molar-refractivity contribution in [3.05, 3.63) is 29.8 Å². The van der Waals surface area contributed by atoms with Crippen molar-refractivity contribution in [1.29, 1.82) is 0 Å². The monoisotopic (exact) mass is 278 g/mol. The molecule has 20 heavy (non-hydrogen) atoms. The summed E-state index contributed by atoms with van der Waals surface area (Å²) in [6.45, 7) is 4.04. The van der Waals surface area contributed by atoms with E-state index in [0.717, 1.165) is 25.3 Å². The van der Waals surface area contributed by atoms with E-state index in [0.29, 0.717) is 17.5 Å². The van der Waals surface area contributed by atoms with Gasteiger partial charge < -0.3 is 20.5 Å². The Hall–Kier alpha value is -1.59. The van der Waals surface area contributed by atoms with Gasteiger partial charge in [-0.2, -0.15) is 0 Å².